The summed E-state index contributed by atoms with van der Waals surface area (Å²) in [4.78, 5) is 13.0. The number of rotatable bonds is 5. The Morgan fingerprint density at radius 1 is 1.14 bits per heavy atom. The second-order valence-corrected chi connectivity index (χ2v) is 9.22. The quantitative estimate of drug-likeness (QED) is 0.807. The molecular weight excluding hydrogens is 392 g/mol. The fraction of sp³-hybridized carbons (Fsp3) is 0.381. The van der Waals surface area contributed by atoms with Crippen molar-refractivity contribution in [3.63, 3.8) is 0 Å². The van der Waals surface area contributed by atoms with Crippen molar-refractivity contribution in [1.29, 1.82) is 0 Å². The molecule has 2 heterocycles. The molecule has 0 aliphatic carbocycles. The number of fused-ring (bicyclic) bond motifs is 1. The maximum atomic E-state index is 13.0. The van der Waals surface area contributed by atoms with E-state index >= 15 is 0 Å². The molecule has 1 unspecified atom stereocenters. The number of carbonyl (C=O) groups is 1. The van der Waals surface area contributed by atoms with Crippen molar-refractivity contribution in [2.45, 2.75) is 36.8 Å². The molecule has 0 saturated carbocycles. The predicted octanol–water partition coefficient (Wildman–Crippen LogP) is 2.10. The van der Waals surface area contributed by atoms with Gasteiger partial charge in [-0.25, -0.2) is 8.42 Å². The van der Waals surface area contributed by atoms with Gasteiger partial charge in [-0.3, -0.25) is 4.79 Å². The van der Waals surface area contributed by atoms with Gasteiger partial charge in [0, 0.05) is 6.54 Å². The normalized spacial score (nSPS) is 21.7. The van der Waals surface area contributed by atoms with E-state index in [1.165, 1.54) is 4.31 Å². The first-order valence-corrected chi connectivity index (χ1v) is 11.1. The van der Waals surface area contributed by atoms with Crippen LogP contribution in [0.2, 0.25) is 0 Å². The number of nitrogens with one attached hydrogen (secondary N) is 1. The van der Waals surface area contributed by atoms with Gasteiger partial charge in [-0.1, -0.05) is 29.8 Å². The number of amides is 1. The first kappa shape index (κ1) is 19.7. The molecular formula is C21H24N2O5S. The number of aryl methyl sites for hydroxylation is 1. The lowest BCUT2D eigenvalue weighted by molar-refractivity contribution is -0.124. The van der Waals surface area contributed by atoms with E-state index in [1.807, 2.05) is 31.2 Å². The van der Waals surface area contributed by atoms with E-state index in [9.17, 15) is 13.2 Å². The van der Waals surface area contributed by atoms with E-state index in [1.54, 1.807) is 24.3 Å². The summed E-state index contributed by atoms with van der Waals surface area (Å²) in [6.07, 6.45) is 0.832. The lowest BCUT2D eigenvalue weighted by Crippen LogP contribution is -2.49. The van der Waals surface area contributed by atoms with E-state index < -0.39 is 16.1 Å². The van der Waals surface area contributed by atoms with Crippen LogP contribution in [-0.2, 0) is 14.8 Å². The summed E-state index contributed by atoms with van der Waals surface area (Å²) in [5.74, 6) is 1.02. The third-order valence-electron chi connectivity index (χ3n) is 5.21. The smallest absolute Gasteiger partial charge is 0.243 e. The molecule has 154 valence electrons. The van der Waals surface area contributed by atoms with Crippen LogP contribution >= 0.6 is 0 Å². The standard InChI is InChI=1S/C21H24N2O5S/c1-15-8-10-17(11-9-15)29(25,26)23-12-4-5-18(23)21(24)22-13-16-14-27-19-6-2-3-7-20(19)28-16/h2-3,6-11,16,18H,4-5,12-14H2,1H3,(H,22,24)/t16?,18-/m0/s1. The molecule has 0 aromatic heterocycles. The lowest BCUT2D eigenvalue weighted by atomic mass is 10.2. The molecule has 2 aromatic carbocycles. The summed E-state index contributed by atoms with van der Waals surface area (Å²) in [5, 5.41) is 2.84. The first-order valence-electron chi connectivity index (χ1n) is 9.70. The molecule has 7 nitrogen and oxygen atoms in total. The predicted molar refractivity (Wildman–Crippen MR) is 107 cm³/mol. The largest absolute Gasteiger partial charge is 0.486 e. The molecule has 4 rings (SSSR count). The average molecular weight is 416 g/mol. The van der Waals surface area contributed by atoms with Crippen molar-refractivity contribution in [3.05, 3.63) is 54.1 Å². The van der Waals surface area contributed by atoms with Gasteiger partial charge in [0.2, 0.25) is 15.9 Å². The van der Waals surface area contributed by atoms with Crippen LogP contribution < -0.4 is 14.8 Å². The summed E-state index contributed by atoms with van der Waals surface area (Å²) in [7, 11) is -3.72. The molecule has 1 N–H and O–H groups in total. The van der Waals surface area contributed by atoms with Crippen molar-refractivity contribution in [2.24, 2.45) is 0 Å². The first-order chi connectivity index (χ1) is 13.9. The van der Waals surface area contributed by atoms with Crippen molar-refractivity contribution >= 4 is 15.9 Å². The highest BCUT2D eigenvalue weighted by Crippen LogP contribution is 2.31. The Hall–Kier alpha value is -2.58. The number of carbonyl (C=O) groups excluding carboxylic acids is 1. The Morgan fingerprint density at radius 2 is 1.86 bits per heavy atom. The van der Waals surface area contributed by atoms with Gasteiger partial charge >= 0.3 is 0 Å². The monoisotopic (exact) mass is 416 g/mol. The second-order valence-electron chi connectivity index (χ2n) is 7.33. The summed E-state index contributed by atoms with van der Waals surface area (Å²) in [6, 6.07) is 13.4. The fourth-order valence-corrected chi connectivity index (χ4v) is 5.29. The highest BCUT2D eigenvalue weighted by Gasteiger charge is 2.39. The molecule has 29 heavy (non-hydrogen) atoms. The van der Waals surface area contributed by atoms with Crippen molar-refractivity contribution in [1.82, 2.24) is 9.62 Å². The van der Waals surface area contributed by atoms with Crippen molar-refractivity contribution < 1.29 is 22.7 Å². The molecule has 2 aromatic rings. The number of hydrogen-bond acceptors (Lipinski definition) is 5. The molecule has 0 bridgehead atoms. The Kier molecular flexibility index (Phi) is 5.47. The molecule has 1 fully saturated rings. The summed E-state index contributed by atoms with van der Waals surface area (Å²) in [6.45, 7) is 2.82. The van der Waals surface area contributed by atoms with Crippen LogP contribution in [0, 0.1) is 6.92 Å². The van der Waals surface area contributed by atoms with Gasteiger partial charge in [-0.15, -0.1) is 0 Å². The Balaban J connectivity index is 1.40. The van der Waals surface area contributed by atoms with Crippen LogP contribution in [-0.4, -0.2) is 50.5 Å². The minimum absolute atomic E-state index is 0.212. The van der Waals surface area contributed by atoms with E-state index in [0.29, 0.717) is 37.5 Å². The molecule has 0 radical (unpaired) electrons. The van der Waals surface area contributed by atoms with Crippen LogP contribution in [0.15, 0.2) is 53.4 Å². The van der Waals surface area contributed by atoms with Crippen LogP contribution in [0.1, 0.15) is 18.4 Å². The number of benzene rings is 2. The number of para-hydroxylation sites is 2. The Labute approximate surface area is 170 Å². The number of sulfonamides is 1. The topological polar surface area (TPSA) is 84.9 Å². The van der Waals surface area contributed by atoms with E-state index in [2.05, 4.69) is 5.32 Å². The van der Waals surface area contributed by atoms with Gasteiger partial charge in [-0.2, -0.15) is 4.31 Å². The van der Waals surface area contributed by atoms with Crippen LogP contribution in [0.3, 0.4) is 0 Å². The van der Waals surface area contributed by atoms with Gasteiger partial charge in [0.15, 0.2) is 11.5 Å². The molecule has 0 spiro atoms. The van der Waals surface area contributed by atoms with Gasteiger partial charge in [0.05, 0.1) is 11.4 Å². The third kappa shape index (κ3) is 4.09. The molecule has 1 amide bonds. The summed E-state index contributed by atoms with van der Waals surface area (Å²) >= 11 is 0. The third-order valence-corrected chi connectivity index (χ3v) is 7.13. The molecule has 2 aliphatic rings. The van der Waals surface area contributed by atoms with Gasteiger partial charge < -0.3 is 14.8 Å². The Morgan fingerprint density at radius 3 is 2.62 bits per heavy atom. The van der Waals surface area contributed by atoms with Crippen molar-refractivity contribution in [2.75, 3.05) is 19.7 Å². The number of hydrogen-bond donors (Lipinski definition) is 1. The average Bonchev–Trinajstić information content (AvgIpc) is 3.23. The van der Waals surface area contributed by atoms with Crippen molar-refractivity contribution in [3.8, 4) is 11.5 Å². The zero-order valence-electron chi connectivity index (χ0n) is 16.2. The molecule has 2 aliphatic heterocycles. The summed E-state index contributed by atoms with van der Waals surface area (Å²) < 4.78 is 38.8. The van der Waals surface area contributed by atoms with E-state index in [4.69, 9.17) is 9.47 Å². The van der Waals surface area contributed by atoms with Gasteiger partial charge in [-0.05, 0) is 44.0 Å². The maximum Gasteiger partial charge on any atom is 0.243 e. The van der Waals surface area contributed by atoms with E-state index in [0.717, 1.165) is 5.56 Å². The molecule has 8 heteroatoms. The Bertz CT molecular complexity index is 990. The minimum Gasteiger partial charge on any atom is -0.486 e. The zero-order valence-corrected chi connectivity index (χ0v) is 17.0. The number of ether oxygens (including phenoxy) is 2. The minimum atomic E-state index is -3.72. The van der Waals surface area contributed by atoms with Gasteiger partial charge in [0.25, 0.3) is 0 Å². The van der Waals surface area contributed by atoms with Gasteiger partial charge in [0.1, 0.15) is 18.8 Å². The highest BCUT2D eigenvalue weighted by molar-refractivity contribution is 7.89. The molecule has 1 saturated heterocycles. The van der Waals surface area contributed by atoms with Crippen LogP contribution in [0.5, 0.6) is 11.5 Å². The molecule has 2 atom stereocenters. The number of nitrogens with zero attached hydrogens (tertiary/aromatic N) is 1. The van der Waals surface area contributed by atoms with E-state index in [-0.39, 0.29) is 23.5 Å². The highest BCUT2D eigenvalue weighted by atomic mass is 32.2. The zero-order chi connectivity index (χ0) is 20.4. The van der Waals surface area contributed by atoms with Crippen LogP contribution in [0.25, 0.3) is 0 Å². The fourth-order valence-electron chi connectivity index (χ4n) is 3.63. The maximum absolute atomic E-state index is 13.0. The van der Waals surface area contributed by atoms with Crippen LogP contribution in [0.4, 0.5) is 0 Å². The lowest BCUT2D eigenvalue weighted by Gasteiger charge is -2.28. The second kappa shape index (κ2) is 8.04. The summed E-state index contributed by atoms with van der Waals surface area (Å²) in [5.41, 5.74) is 0.982. The SMILES string of the molecule is Cc1ccc(S(=O)(=O)N2CCC[C@H]2C(=O)NCC2COc3ccccc3O2)cc1.